The molecule has 4 nitrogen and oxygen atoms in total. The summed E-state index contributed by atoms with van der Waals surface area (Å²) >= 11 is 0. The van der Waals surface area contributed by atoms with E-state index in [2.05, 4.69) is 22.1 Å². The maximum absolute atomic E-state index is 8.78. The van der Waals surface area contributed by atoms with Crippen molar-refractivity contribution in [1.29, 1.82) is 10.5 Å². The van der Waals surface area contributed by atoms with Crippen LogP contribution in [0.25, 0.3) is 22.5 Å². The van der Waals surface area contributed by atoms with Crippen LogP contribution < -0.4 is 0 Å². The van der Waals surface area contributed by atoms with E-state index in [1.165, 1.54) is 0 Å². The van der Waals surface area contributed by atoms with E-state index in [9.17, 15) is 0 Å². The summed E-state index contributed by atoms with van der Waals surface area (Å²) in [5.74, 6) is 0. The molecule has 0 fully saturated rings. The fourth-order valence-electron chi connectivity index (χ4n) is 2.07. The smallest absolute Gasteiger partial charge is 0.101 e. The Morgan fingerprint density at radius 1 is 0.591 bits per heavy atom. The molecule has 102 valence electrons. The second-order valence-electron chi connectivity index (χ2n) is 4.67. The standard InChI is InChI=1S/C18H10N4/c19-9-13-1-7-17(21-11-13)15-3-5-16(6-4-15)18-8-2-14(10-20)12-22-18/h1-8,11-12H. The summed E-state index contributed by atoms with van der Waals surface area (Å²) in [5, 5.41) is 17.6. The summed E-state index contributed by atoms with van der Waals surface area (Å²) in [5.41, 5.74) is 4.67. The molecule has 0 atom stereocenters. The first-order valence-corrected chi connectivity index (χ1v) is 6.63. The van der Waals surface area contributed by atoms with Gasteiger partial charge in [-0.2, -0.15) is 10.5 Å². The summed E-state index contributed by atoms with van der Waals surface area (Å²) < 4.78 is 0. The lowest BCUT2D eigenvalue weighted by molar-refractivity contribution is 1.29. The highest BCUT2D eigenvalue weighted by Crippen LogP contribution is 2.22. The van der Waals surface area contributed by atoms with E-state index < -0.39 is 0 Å². The third kappa shape index (κ3) is 2.67. The summed E-state index contributed by atoms with van der Waals surface area (Å²) in [6.07, 6.45) is 3.12. The number of benzene rings is 1. The third-order valence-electron chi connectivity index (χ3n) is 3.26. The SMILES string of the molecule is N#Cc1ccc(-c2ccc(-c3ccc(C#N)cn3)cc2)nc1. The predicted molar refractivity (Wildman–Crippen MR) is 82.3 cm³/mol. The Hall–Kier alpha value is -3.50. The highest BCUT2D eigenvalue weighted by molar-refractivity contribution is 5.67. The highest BCUT2D eigenvalue weighted by Gasteiger charge is 2.03. The van der Waals surface area contributed by atoms with E-state index in [-0.39, 0.29) is 0 Å². The van der Waals surface area contributed by atoms with Gasteiger partial charge in [-0.1, -0.05) is 24.3 Å². The van der Waals surface area contributed by atoms with Crippen LogP contribution in [0.5, 0.6) is 0 Å². The molecule has 0 N–H and O–H groups in total. The number of hydrogen-bond acceptors (Lipinski definition) is 4. The van der Waals surface area contributed by atoms with Crippen LogP contribution in [0, 0.1) is 22.7 Å². The molecule has 2 aromatic heterocycles. The van der Waals surface area contributed by atoms with Crippen LogP contribution in [0.2, 0.25) is 0 Å². The van der Waals surface area contributed by atoms with Crippen LogP contribution in [0.3, 0.4) is 0 Å². The van der Waals surface area contributed by atoms with Crippen molar-refractivity contribution >= 4 is 0 Å². The fraction of sp³-hybridized carbons (Fsp3) is 0. The molecular weight excluding hydrogens is 272 g/mol. The molecule has 2 heterocycles. The molecule has 3 aromatic rings. The first-order chi connectivity index (χ1) is 10.8. The Morgan fingerprint density at radius 2 is 1.00 bits per heavy atom. The predicted octanol–water partition coefficient (Wildman–Crippen LogP) is 3.55. The zero-order chi connectivity index (χ0) is 15.4. The zero-order valence-electron chi connectivity index (χ0n) is 11.6. The topological polar surface area (TPSA) is 73.4 Å². The quantitative estimate of drug-likeness (QED) is 0.720. The van der Waals surface area contributed by atoms with Gasteiger partial charge in [-0.3, -0.25) is 9.97 Å². The molecule has 0 radical (unpaired) electrons. The monoisotopic (exact) mass is 282 g/mol. The second kappa shape index (κ2) is 5.87. The molecule has 0 aliphatic heterocycles. The van der Waals surface area contributed by atoms with Crippen molar-refractivity contribution in [3.8, 4) is 34.7 Å². The van der Waals surface area contributed by atoms with Gasteiger partial charge in [0.05, 0.1) is 22.5 Å². The average molecular weight is 282 g/mol. The molecule has 0 bridgehead atoms. The summed E-state index contributed by atoms with van der Waals surface area (Å²) in [6.45, 7) is 0. The van der Waals surface area contributed by atoms with E-state index >= 15 is 0 Å². The molecule has 1 aromatic carbocycles. The van der Waals surface area contributed by atoms with Gasteiger partial charge in [-0.15, -0.1) is 0 Å². The maximum atomic E-state index is 8.78. The van der Waals surface area contributed by atoms with Gasteiger partial charge >= 0.3 is 0 Å². The van der Waals surface area contributed by atoms with Gasteiger partial charge in [0.1, 0.15) is 12.1 Å². The largest absolute Gasteiger partial charge is 0.255 e. The molecule has 0 aliphatic carbocycles. The Morgan fingerprint density at radius 3 is 1.27 bits per heavy atom. The maximum Gasteiger partial charge on any atom is 0.101 e. The number of hydrogen-bond donors (Lipinski definition) is 0. The normalized spacial score (nSPS) is 9.73. The lowest BCUT2D eigenvalue weighted by Gasteiger charge is -2.04. The number of pyridine rings is 2. The number of aromatic nitrogens is 2. The van der Waals surface area contributed by atoms with Gasteiger partial charge in [0.15, 0.2) is 0 Å². The van der Waals surface area contributed by atoms with E-state index in [4.69, 9.17) is 10.5 Å². The van der Waals surface area contributed by atoms with Gasteiger partial charge in [0, 0.05) is 23.5 Å². The number of nitrogens with zero attached hydrogens (tertiary/aromatic N) is 4. The van der Waals surface area contributed by atoms with E-state index in [0.717, 1.165) is 22.5 Å². The van der Waals surface area contributed by atoms with Crippen LogP contribution in [0.1, 0.15) is 11.1 Å². The first kappa shape index (κ1) is 13.5. The Kier molecular flexibility index (Phi) is 3.59. The highest BCUT2D eigenvalue weighted by atomic mass is 14.7. The third-order valence-corrected chi connectivity index (χ3v) is 3.26. The van der Waals surface area contributed by atoms with Crippen molar-refractivity contribution in [2.75, 3.05) is 0 Å². The summed E-state index contributed by atoms with van der Waals surface area (Å²) in [7, 11) is 0. The van der Waals surface area contributed by atoms with Gasteiger partial charge in [-0.05, 0) is 24.3 Å². The Bertz CT molecular complexity index is 788. The van der Waals surface area contributed by atoms with Gasteiger partial charge in [0.25, 0.3) is 0 Å². The molecule has 0 saturated carbocycles. The van der Waals surface area contributed by atoms with E-state index in [1.54, 1.807) is 24.5 Å². The summed E-state index contributed by atoms with van der Waals surface area (Å²) in [6, 6.07) is 19.1. The Labute approximate surface area is 127 Å². The van der Waals surface area contributed by atoms with E-state index in [1.807, 2.05) is 36.4 Å². The second-order valence-corrected chi connectivity index (χ2v) is 4.67. The lowest BCUT2D eigenvalue weighted by atomic mass is 10.1. The van der Waals surface area contributed by atoms with Crippen LogP contribution in [-0.4, -0.2) is 9.97 Å². The van der Waals surface area contributed by atoms with E-state index in [0.29, 0.717) is 11.1 Å². The molecule has 0 amide bonds. The molecule has 3 rings (SSSR count). The molecule has 0 spiro atoms. The van der Waals surface area contributed by atoms with Gasteiger partial charge in [-0.25, -0.2) is 0 Å². The van der Waals surface area contributed by atoms with Crippen molar-refractivity contribution < 1.29 is 0 Å². The summed E-state index contributed by atoms with van der Waals surface area (Å²) in [4.78, 5) is 8.54. The van der Waals surface area contributed by atoms with Crippen LogP contribution in [0.15, 0.2) is 60.9 Å². The fourth-order valence-corrected chi connectivity index (χ4v) is 2.07. The van der Waals surface area contributed by atoms with Crippen molar-refractivity contribution in [3.05, 3.63) is 72.1 Å². The van der Waals surface area contributed by atoms with Crippen LogP contribution in [-0.2, 0) is 0 Å². The van der Waals surface area contributed by atoms with Crippen molar-refractivity contribution in [1.82, 2.24) is 9.97 Å². The zero-order valence-corrected chi connectivity index (χ0v) is 11.6. The van der Waals surface area contributed by atoms with Crippen molar-refractivity contribution in [2.24, 2.45) is 0 Å². The molecule has 22 heavy (non-hydrogen) atoms. The van der Waals surface area contributed by atoms with Gasteiger partial charge < -0.3 is 0 Å². The molecule has 0 unspecified atom stereocenters. The lowest BCUT2D eigenvalue weighted by Crippen LogP contribution is -1.87. The minimum absolute atomic E-state index is 0.544. The molecule has 0 aliphatic rings. The van der Waals surface area contributed by atoms with Crippen molar-refractivity contribution in [2.45, 2.75) is 0 Å². The minimum atomic E-state index is 0.544. The molecule has 4 heteroatoms. The first-order valence-electron chi connectivity index (χ1n) is 6.63. The van der Waals surface area contributed by atoms with Crippen molar-refractivity contribution in [3.63, 3.8) is 0 Å². The van der Waals surface area contributed by atoms with Crippen LogP contribution >= 0.6 is 0 Å². The van der Waals surface area contributed by atoms with Crippen LogP contribution in [0.4, 0.5) is 0 Å². The number of nitriles is 2. The molecular formula is C18H10N4. The molecule has 0 saturated heterocycles. The Balaban J connectivity index is 1.88. The average Bonchev–Trinajstić information content (AvgIpc) is 2.62. The van der Waals surface area contributed by atoms with Gasteiger partial charge in [0.2, 0.25) is 0 Å². The minimum Gasteiger partial charge on any atom is -0.255 e. The number of rotatable bonds is 2.